The van der Waals surface area contributed by atoms with Crippen molar-refractivity contribution in [2.45, 2.75) is 57.7 Å². The van der Waals surface area contributed by atoms with E-state index in [0.29, 0.717) is 0 Å². The summed E-state index contributed by atoms with van der Waals surface area (Å²) in [4.78, 5) is 10.6. The van der Waals surface area contributed by atoms with Crippen molar-refractivity contribution in [3.8, 4) is 0 Å². The van der Waals surface area contributed by atoms with Gasteiger partial charge in [-0.1, -0.05) is 38.5 Å². The maximum Gasteiger partial charge on any atom is 0.313 e. The minimum atomic E-state index is -0.819. The lowest BCUT2D eigenvalue weighted by molar-refractivity contribution is -0.133. The predicted octanol–water partition coefficient (Wildman–Crippen LogP) is 2.60. The van der Waals surface area contributed by atoms with Gasteiger partial charge in [0.25, 0.3) is 0 Å². The number of carbonyl (C=O) groups is 1. The summed E-state index contributed by atoms with van der Waals surface area (Å²) >= 11 is 1.25. The number of carboxylic acid groups (broad SMARTS) is 1. The van der Waals surface area contributed by atoms with Gasteiger partial charge in [0.1, 0.15) is 5.82 Å². The average Bonchev–Trinajstić information content (AvgIpc) is 2.70. The molecule has 1 heterocycles. The maximum atomic E-state index is 10.6. The first-order chi connectivity index (χ1) is 8.69. The molecule has 0 saturated carbocycles. The Hall–Kier alpha value is -1.04. The third-order valence-corrected chi connectivity index (χ3v) is 3.53. The first-order valence-corrected chi connectivity index (χ1v) is 7.44. The molecule has 0 aliphatic carbocycles. The fraction of sp³-hybridized carbons (Fsp3) is 0.750. The molecule has 102 valence electrons. The van der Waals surface area contributed by atoms with Crippen LogP contribution in [0.1, 0.15) is 45.4 Å². The Labute approximate surface area is 112 Å². The molecule has 5 nitrogen and oxygen atoms in total. The molecule has 1 rings (SSSR count). The number of hydrogen-bond acceptors (Lipinski definition) is 4. The van der Waals surface area contributed by atoms with Crippen molar-refractivity contribution < 1.29 is 9.90 Å². The zero-order valence-corrected chi connectivity index (χ0v) is 11.9. The van der Waals surface area contributed by atoms with Gasteiger partial charge in [-0.2, -0.15) is 0 Å². The number of aryl methyl sites for hydroxylation is 1. The SMILES string of the molecule is CCCCCn1c(CCC)nnc1SCC(=O)O. The van der Waals surface area contributed by atoms with Crippen LogP contribution in [0.3, 0.4) is 0 Å². The van der Waals surface area contributed by atoms with Crippen LogP contribution in [0.15, 0.2) is 5.16 Å². The third-order valence-electron chi connectivity index (χ3n) is 2.58. The van der Waals surface area contributed by atoms with E-state index in [2.05, 4.69) is 28.6 Å². The van der Waals surface area contributed by atoms with E-state index in [0.717, 1.165) is 36.8 Å². The van der Waals surface area contributed by atoms with E-state index in [1.54, 1.807) is 0 Å². The van der Waals surface area contributed by atoms with Crippen molar-refractivity contribution in [1.29, 1.82) is 0 Å². The molecule has 0 aromatic carbocycles. The van der Waals surface area contributed by atoms with Gasteiger partial charge in [0.15, 0.2) is 5.16 Å². The highest BCUT2D eigenvalue weighted by molar-refractivity contribution is 7.99. The first kappa shape index (κ1) is 15.0. The quantitative estimate of drug-likeness (QED) is 0.552. The second-order valence-electron chi connectivity index (χ2n) is 4.19. The fourth-order valence-electron chi connectivity index (χ4n) is 1.71. The van der Waals surface area contributed by atoms with Gasteiger partial charge in [-0.05, 0) is 12.8 Å². The van der Waals surface area contributed by atoms with Crippen LogP contribution in [-0.2, 0) is 17.8 Å². The molecular weight excluding hydrogens is 250 g/mol. The first-order valence-electron chi connectivity index (χ1n) is 6.45. The molecule has 6 heteroatoms. The number of hydrogen-bond donors (Lipinski definition) is 1. The topological polar surface area (TPSA) is 68.0 Å². The molecule has 18 heavy (non-hydrogen) atoms. The summed E-state index contributed by atoms with van der Waals surface area (Å²) in [6.07, 6.45) is 5.35. The number of aromatic nitrogens is 3. The van der Waals surface area contributed by atoms with Crippen LogP contribution >= 0.6 is 11.8 Å². The molecule has 0 radical (unpaired) electrons. The minimum Gasteiger partial charge on any atom is -0.481 e. The van der Waals surface area contributed by atoms with Gasteiger partial charge in [0.05, 0.1) is 5.75 Å². The monoisotopic (exact) mass is 271 g/mol. The van der Waals surface area contributed by atoms with Crippen LogP contribution < -0.4 is 0 Å². The molecule has 0 fully saturated rings. The smallest absolute Gasteiger partial charge is 0.313 e. The van der Waals surface area contributed by atoms with Crippen LogP contribution in [0.2, 0.25) is 0 Å². The summed E-state index contributed by atoms with van der Waals surface area (Å²) in [5.41, 5.74) is 0. The molecule has 0 spiro atoms. The highest BCUT2D eigenvalue weighted by Crippen LogP contribution is 2.18. The van der Waals surface area contributed by atoms with E-state index in [1.807, 2.05) is 0 Å². The highest BCUT2D eigenvalue weighted by Gasteiger charge is 2.12. The summed E-state index contributed by atoms with van der Waals surface area (Å²) < 4.78 is 2.08. The van der Waals surface area contributed by atoms with Crippen molar-refractivity contribution in [2.75, 3.05) is 5.75 Å². The lowest BCUT2D eigenvalue weighted by Crippen LogP contribution is -2.07. The van der Waals surface area contributed by atoms with Gasteiger partial charge in [-0.25, -0.2) is 0 Å². The third kappa shape index (κ3) is 4.68. The number of rotatable bonds is 9. The molecule has 0 aliphatic rings. The molecule has 0 unspecified atom stereocenters. The van der Waals surface area contributed by atoms with Crippen molar-refractivity contribution in [3.05, 3.63) is 5.82 Å². The van der Waals surface area contributed by atoms with Crippen LogP contribution in [0.4, 0.5) is 0 Å². The highest BCUT2D eigenvalue weighted by atomic mass is 32.2. The van der Waals surface area contributed by atoms with Crippen molar-refractivity contribution >= 4 is 17.7 Å². The zero-order chi connectivity index (χ0) is 13.4. The molecular formula is C12H21N3O2S. The standard InChI is InChI=1S/C12H21N3O2S/c1-3-5-6-8-15-10(7-4-2)13-14-12(15)18-9-11(16)17/h3-9H2,1-2H3,(H,16,17). The van der Waals surface area contributed by atoms with Crippen molar-refractivity contribution in [3.63, 3.8) is 0 Å². The normalized spacial score (nSPS) is 10.8. The van der Waals surface area contributed by atoms with E-state index < -0.39 is 5.97 Å². The van der Waals surface area contributed by atoms with Crippen LogP contribution in [0.5, 0.6) is 0 Å². The Morgan fingerprint density at radius 3 is 2.67 bits per heavy atom. The van der Waals surface area contributed by atoms with Gasteiger partial charge in [0, 0.05) is 13.0 Å². The van der Waals surface area contributed by atoms with Crippen molar-refractivity contribution in [1.82, 2.24) is 14.8 Å². The molecule has 0 bridgehead atoms. The number of thioether (sulfide) groups is 1. The van der Waals surface area contributed by atoms with Crippen LogP contribution in [0.25, 0.3) is 0 Å². The van der Waals surface area contributed by atoms with Crippen LogP contribution in [-0.4, -0.2) is 31.6 Å². The van der Waals surface area contributed by atoms with E-state index in [9.17, 15) is 4.79 Å². The lowest BCUT2D eigenvalue weighted by atomic mass is 10.2. The summed E-state index contributed by atoms with van der Waals surface area (Å²) in [6, 6.07) is 0. The summed E-state index contributed by atoms with van der Waals surface area (Å²) in [6.45, 7) is 5.16. The zero-order valence-electron chi connectivity index (χ0n) is 11.1. The molecule has 1 aromatic heterocycles. The van der Waals surface area contributed by atoms with E-state index >= 15 is 0 Å². The molecule has 1 N–H and O–H groups in total. The minimum absolute atomic E-state index is 0.0397. The second-order valence-corrected chi connectivity index (χ2v) is 5.13. The number of aliphatic carboxylic acids is 1. The number of nitrogens with zero attached hydrogens (tertiary/aromatic N) is 3. The Morgan fingerprint density at radius 2 is 2.06 bits per heavy atom. The molecule has 0 saturated heterocycles. The second kappa shape index (κ2) is 8.13. The molecule has 0 aliphatic heterocycles. The summed E-state index contributed by atoms with van der Waals surface area (Å²) in [5.74, 6) is 0.194. The van der Waals surface area contributed by atoms with Gasteiger partial charge in [0.2, 0.25) is 0 Å². The van der Waals surface area contributed by atoms with E-state index in [-0.39, 0.29) is 5.75 Å². The van der Waals surface area contributed by atoms with Gasteiger partial charge in [-0.3, -0.25) is 4.79 Å². The number of unbranched alkanes of at least 4 members (excludes halogenated alkanes) is 2. The molecule has 0 atom stereocenters. The Balaban J connectivity index is 2.71. The van der Waals surface area contributed by atoms with Gasteiger partial charge < -0.3 is 9.67 Å². The summed E-state index contributed by atoms with van der Waals surface area (Å²) in [7, 11) is 0. The summed E-state index contributed by atoms with van der Waals surface area (Å²) in [5, 5.41) is 17.7. The Morgan fingerprint density at radius 1 is 1.28 bits per heavy atom. The van der Waals surface area contributed by atoms with Gasteiger partial charge >= 0.3 is 5.97 Å². The van der Waals surface area contributed by atoms with E-state index in [4.69, 9.17) is 5.11 Å². The van der Waals surface area contributed by atoms with Crippen LogP contribution in [0, 0.1) is 0 Å². The predicted molar refractivity (Wildman–Crippen MR) is 71.9 cm³/mol. The average molecular weight is 271 g/mol. The van der Waals surface area contributed by atoms with E-state index in [1.165, 1.54) is 24.6 Å². The Kier molecular flexibility index (Phi) is 6.78. The number of carboxylic acids is 1. The fourth-order valence-corrected chi connectivity index (χ4v) is 2.41. The molecule has 1 aromatic rings. The lowest BCUT2D eigenvalue weighted by Gasteiger charge is -2.08. The van der Waals surface area contributed by atoms with Crippen molar-refractivity contribution in [2.24, 2.45) is 0 Å². The maximum absolute atomic E-state index is 10.6. The largest absolute Gasteiger partial charge is 0.481 e. The Bertz CT molecular complexity index is 379. The van der Waals surface area contributed by atoms with Gasteiger partial charge in [-0.15, -0.1) is 10.2 Å². The molecule has 0 amide bonds.